The summed E-state index contributed by atoms with van der Waals surface area (Å²) in [5.41, 5.74) is 1.26. The lowest BCUT2D eigenvalue weighted by molar-refractivity contribution is 0.108. The summed E-state index contributed by atoms with van der Waals surface area (Å²) in [6, 6.07) is 1.94. The van der Waals surface area contributed by atoms with Gasteiger partial charge in [0.25, 0.3) is 5.24 Å². The molecule has 0 unspecified atom stereocenters. The summed E-state index contributed by atoms with van der Waals surface area (Å²) < 4.78 is 0. The molecule has 1 nitrogen and oxygen atoms in total. The molecule has 0 atom stereocenters. The van der Waals surface area contributed by atoms with Crippen LogP contribution in [0.15, 0.2) is 11.4 Å². The lowest BCUT2D eigenvalue weighted by atomic mass is 10.0. The fourth-order valence-electron chi connectivity index (χ4n) is 2.43. The Bertz CT molecular complexity index is 373. The third kappa shape index (κ3) is 8.06. The number of hydrogen-bond donors (Lipinski definition) is 0. The average molecular weight is 315 g/mol. The fourth-order valence-corrected chi connectivity index (χ4v) is 3.39. The van der Waals surface area contributed by atoms with E-state index in [1.807, 2.05) is 6.07 Å². The third-order valence-electron chi connectivity index (χ3n) is 3.67. The first-order chi connectivity index (χ1) is 9.74. The molecule has 3 heteroatoms. The monoisotopic (exact) mass is 314 g/mol. The fraction of sp³-hybridized carbons (Fsp3) is 0.706. The molecule has 0 N–H and O–H groups in total. The molecule has 0 spiro atoms. The Hall–Kier alpha value is -0.340. The van der Waals surface area contributed by atoms with Crippen LogP contribution in [-0.4, -0.2) is 5.24 Å². The highest BCUT2D eigenvalue weighted by atomic mass is 35.5. The zero-order chi connectivity index (χ0) is 14.6. The lowest BCUT2D eigenvalue weighted by Crippen LogP contribution is -1.85. The summed E-state index contributed by atoms with van der Waals surface area (Å²) in [5, 5.41) is 1.73. The van der Waals surface area contributed by atoms with Crippen LogP contribution in [0.5, 0.6) is 0 Å². The van der Waals surface area contributed by atoms with Gasteiger partial charge in [-0.3, -0.25) is 4.79 Å². The van der Waals surface area contributed by atoms with Crippen LogP contribution >= 0.6 is 22.9 Å². The normalized spacial score (nSPS) is 10.9. The molecule has 1 aromatic heterocycles. The number of hydrogen-bond acceptors (Lipinski definition) is 2. The molecule has 0 fully saturated rings. The Balaban J connectivity index is 1.93. The topological polar surface area (TPSA) is 17.1 Å². The first-order valence-corrected chi connectivity index (χ1v) is 9.27. The lowest BCUT2D eigenvalue weighted by Gasteiger charge is -2.02. The van der Waals surface area contributed by atoms with Gasteiger partial charge in [0.2, 0.25) is 0 Å². The summed E-state index contributed by atoms with van der Waals surface area (Å²) in [6.07, 6.45) is 14.7. The van der Waals surface area contributed by atoms with E-state index in [4.69, 9.17) is 11.6 Å². The molecule has 0 saturated carbocycles. The number of carbonyl (C=O) groups excluding carboxylic acids is 1. The van der Waals surface area contributed by atoms with E-state index in [1.165, 1.54) is 81.1 Å². The van der Waals surface area contributed by atoms with Gasteiger partial charge in [-0.25, -0.2) is 0 Å². The summed E-state index contributed by atoms with van der Waals surface area (Å²) in [7, 11) is 0. The molecule has 0 bridgehead atoms. The molecule has 0 saturated heterocycles. The van der Waals surface area contributed by atoms with Gasteiger partial charge in [-0.1, -0.05) is 64.7 Å². The SMILES string of the molecule is CCCCCCCCCCCCc1csc(C(=O)Cl)c1. The molecular weight excluding hydrogens is 288 g/mol. The minimum absolute atomic E-state index is 0.329. The molecule has 1 rings (SSSR count). The van der Waals surface area contributed by atoms with Crippen LogP contribution < -0.4 is 0 Å². The Morgan fingerprint density at radius 1 is 1.00 bits per heavy atom. The van der Waals surface area contributed by atoms with Crippen molar-refractivity contribution in [2.45, 2.75) is 77.6 Å². The second-order valence-corrected chi connectivity index (χ2v) is 6.78. The largest absolute Gasteiger partial charge is 0.275 e. The number of thiophene rings is 1. The van der Waals surface area contributed by atoms with Crippen LogP contribution in [0.1, 0.15) is 86.4 Å². The van der Waals surface area contributed by atoms with Gasteiger partial charge in [-0.2, -0.15) is 0 Å². The van der Waals surface area contributed by atoms with E-state index >= 15 is 0 Å². The van der Waals surface area contributed by atoms with Gasteiger partial charge in [0, 0.05) is 0 Å². The van der Waals surface area contributed by atoms with E-state index in [1.54, 1.807) is 0 Å². The highest BCUT2D eigenvalue weighted by Gasteiger charge is 2.05. The van der Waals surface area contributed by atoms with Gasteiger partial charge >= 0.3 is 0 Å². The second-order valence-electron chi connectivity index (χ2n) is 5.52. The van der Waals surface area contributed by atoms with Crippen molar-refractivity contribution in [2.24, 2.45) is 0 Å². The van der Waals surface area contributed by atoms with Crippen molar-refractivity contribution < 1.29 is 4.79 Å². The quantitative estimate of drug-likeness (QED) is 0.314. The third-order valence-corrected chi connectivity index (χ3v) is 4.96. The van der Waals surface area contributed by atoms with Crippen LogP contribution in [0.4, 0.5) is 0 Å². The summed E-state index contributed by atoms with van der Waals surface area (Å²) >= 11 is 6.91. The van der Waals surface area contributed by atoms with Crippen LogP contribution in [0.25, 0.3) is 0 Å². The van der Waals surface area contributed by atoms with Gasteiger partial charge in [0.15, 0.2) is 0 Å². The maximum Gasteiger partial charge on any atom is 0.262 e. The Labute approximate surface area is 132 Å². The smallest absolute Gasteiger partial charge is 0.262 e. The molecule has 1 aromatic rings. The van der Waals surface area contributed by atoms with E-state index < -0.39 is 0 Å². The van der Waals surface area contributed by atoms with Crippen molar-refractivity contribution in [3.05, 3.63) is 21.9 Å². The predicted octanol–water partition coefficient (Wildman–Crippen LogP) is 6.59. The van der Waals surface area contributed by atoms with Crippen molar-refractivity contribution in [3.63, 3.8) is 0 Å². The molecule has 0 aliphatic rings. The minimum atomic E-state index is -0.329. The zero-order valence-electron chi connectivity index (χ0n) is 12.6. The summed E-state index contributed by atoms with van der Waals surface area (Å²) in [5.74, 6) is 0. The molecule has 0 aliphatic carbocycles. The number of halogens is 1. The molecule has 0 amide bonds. The highest BCUT2D eigenvalue weighted by Crippen LogP contribution is 2.19. The first-order valence-electron chi connectivity index (χ1n) is 8.01. The van der Waals surface area contributed by atoms with E-state index in [0.717, 1.165) is 6.42 Å². The predicted molar refractivity (Wildman–Crippen MR) is 90.1 cm³/mol. The van der Waals surface area contributed by atoms with Crippen molar-refractivity contribution >= 4 is 28.2 Å². The van der Waals surface area contributed by atoms with Crippen molar-refractivity contribution in [2.75, 3.05) is 0 Å². The number of rotatable bonds is 12. The zero-order valence-corrected chi connectivity index (χ0v) is 14.2. The van der Waals surface area contributed by atoms with Crippen LogP contribution in [0, 0.1) is 0 Å². The number of unbranched alkanes of at least 4 members (excludes halogenated alkanes) is 9. The van der Waals surface area contributed by atoms with Crippen LogP contribution in [-0.2, 0) is 6.42 Å². The molecule has 1 heterocycles. The molecular formula is C17H27ClOS. The standard InChI is InChI=1S/C17H27ClOS/c1-2-3-4-5-6-7-8-9-10-11-12-15-13-16(17(18)19)20-14-15/h13-14H,2-12H2,1H3. The summed E-state index contributed by atoms with van der Waals surface area (Å²) in [4.78, 5) is 11.7. The number of aryl methyl sites for hydroxylation is 1. The summed E-state index contributed by atoms with van der Waals surface area (Å²) in [6.45, 7) is 2.26. The Morgan fingerprint density at radius 3 is 2.05 bits per heavy atom. The van der Waals surface area contributed by atoms with E-state index in [2.05, 4.69) is 12.3 Å². The van der Waals surface area contributed by atoms with Crippen molar-refractivity contribution in [3.8, 4) is 0 Å². The van der Waals surface area contributed by atoms with Crippen LogP contribution in [0.2, 0.25) is 0 Å². The molecule has 0 aromatic carbocycles. The van der Waals surface area contributed by atoms with Gasteiger partial charge < -0.3 is 0 Å². The van der Waals surface area contributed by atoms with Gasteiger partial charge in [0.1, 0.15) is 0 Å². The Morgan fingerprint density at radius 2 is 1.55 bits per heavy atom. The second kappa shape index (κ2) is 11.3. The van der Waals surface area contributed by atoms with Gasteiger partial charge in [0.05, 0.1) is 4.88 Å². The average Bonchev–Trinajstić information content (AvgIpc) is 2.90. The van der Waals surface area contributed by atoms with Crippen molar-refractivity contribution in [1.82, 2.24) is 0 Å². The maximum atomic E-state index is 11.0. The Kier molecular flexibility index (Phi) is 10.0. The number of carbonyl (C=O) groups is 1. The molecule has 0 radical (unpaired) electrons. The van der Waals surface area contributed by atoms with E-state index in [0.29, 0.717) is 4.88 Å². The first kappa shape index (κ1) is 17.7. The van der Waals surface area contributed by atoms with E-state index in [-0.39, 0.29) is 5.24 Å². The van der Waals surface area contributed by atoms with Crippen LogP contribution in [0.3, 0.4) is 0 Å². The maximum absolute atomic E-state index is 11.0. The van der Waals surface area contributed by atoms with Gasteiger partial charge in [-0.15, -0.1) is 11.3 Å². The minimum Gasteiger partial charge on any atom is -0.275 e. The molecule has 114 valence electrons. The van der Waals surface area contributed by atoms with Gasteiger partial charge in [-0.05, 0) is 41.5 Å². The molecule has 0 aliphatic heterocycles. The van der Waals surface area contributed by atoms with Crippen molar-refractivity contribution in [1.29, 1.82) is 0 Å². The van der Waals surface area contributed by atoms with E-state index in [9.17, 15) is 4.79 Å². The molecule has 20 heavy (non-hydrogen) atoms. The highest BCUT2D eigenvalue weighted by molar-refractivity contribution is 7.14.